The van der Waals surface area contributed by atoms with Crippen LogP contribution in [0.25, 0.3) is 0 Å². The lowest BCUT2D eigenvalue weighted by Crippen LogP contribution is -2.54. The first-order chi connectivity index (χ1) is 13.5. The Bertz CT molecular complexity index is 735. The summed E-state index contributed by atoms with van der Waals surface area (Å²) in [5, 5.41) is 3.06. The van der Waals surface area contributed by atoms with Crippen molar-refractivity contribution < 1.29 is 14.3 Å². The van der Waals surface area contributed by atoms with Crippen LogP contribution in [0.3, 0.4) is 0 Å². The van der Waals surface area contributed by atoms with Crippen LogP contribution in [0.15, 0.2) is 24.3 Å². The molecule has 0 aromatic heterocycles. The number of imide groups is 1. The molecule has 0 unspecified atom stereocenters. The maximum atomic E-state index is 13.3. The Morgan fingerprint density at radius 1 is 1.14 bits per heavy atom. The summed E-state index contributed by atoms with van der Waals surface area (Å²) in [6.45, 7) is 6.00. The highest BCUT2D eigenvalue weighted by Crippen LogP contribution is 2.39. The van der Waals surface area contributed by atoms with Crippen LogP contribution in [-0.4, -0.2) is 47.1 Å². The van der Waals surface area contributed by atoms with Gasteiger partial charge in [-0.15, -0.1) is 0 Å². The van der Waals surface area contributed by atoms with Gasteiger partial charge in [-0.2, -0.15) is 0 Å². The standard InChI is InChI=1S/C22H31N3O3/c1-3-28-18-11-9-17(10-12-18)19-8-6-14-24(19)15-25-20(26)22(23-21(25)27)13-5-4-7-16(22)2/h9-12,16,19H,3-8,13-15H2,1-2H3,(H,23,27)/t16-,19-,22-/m0/s1. The fraction of sp³-hybridized carbons (Fsp3) is 0.636. The molecule has 1 aliphatic carbocycles. The summed E-state index contributed by atoms with van der Waals surface area (Å²) in [6.07, 6.45) is 6.01. The van der Waals surface area contributed by atoms with E-state index in [9.17, 15) is 9.59 Å². The van der Waals surface area contributed by atoms with E-state index in [2.05, 4.69) is 29.3 Å². The predicted molar refractivity (Wildman–Crippen MR) is 107 cm³/mol. The highest BCUT2D eigenvalue weighted by atomic mass is 16.5. The maximum absolute atomic E-state index is 13.3. The first-order valence-corrected chi connectivity index (χ1v) is 10.7. The second-order valence-corrected chi connectivity index (χ2v) is 8.40. The SMILES string of the molecule is CCOc1ccc([C@@H]2CCCN2CN2C(=O)N[C@]3(CCCC[C@@H]3C)C2=O)cc1. The van der Waals surface area contributed by atoms with Crippen LogP contribution in [-0.2, 0) is 4.79 Å². The number of amides is 3. The Morgan fingerprint density at radius 3 is 2.64 bits per heavy atom. The summed E-state index contributed by atoms with van der Waals surface area (Å²) in [7, 11) is 0. The number of carbonyl (C=O) groups is 2. The van der Waals surface area contributed by atoms with Gasteiger partial charge in [0, 0.05) is 12.6 Å². The number of benzene rings is 1. The number of ether oxygens (including phenoxy) is 1. The van der Waals surface area contributed by atoms with Crippen molar-refractivity contribution in [3.05, 3.63) is 29.8 Å². The third kappa shape index (κ3) is 3.28. The van der Waals surface area contributed by atoms with E-state index in [1.165, 1.54) is 10.5 Å². The molecule has 2 aliphatic heterocycles. The van der Waals surface area contributed by atoms with Gasteiger partial charge in [-0.1, -0.05) is 31.9 Å². The van der Waals surface area contributed by atoms with Gasteiger partial charge in [0.2, 0.25) is 0 Å². The first-order valence-electron chi connectivity index (χ1n) is 10.7. The summed E-state index contributed by atoms with van der Waals surface area (Å²) < 4.78 is 5.54. The first kappa shape index (κ1) is 19.2. The molecule has 1 aromatic carbocycles. The molecule has 1 saturated carbocycles. The number of rotatable bonds is 5. The van der Waals surface area contributed by atoms with Crippen molar-refractivity contribution in [2.24, 2.45) is 5.92 Å². The largest absolute Gasteiger partial charge is 0.494 e. The van der Waals surface area contributed by atoms with Crippen LogP contribution in [0.2, 0.25) is 0 Å². The molecule has 6 nitrogen and oxygen atoms in total. The zero-order chi connectivity index (χ0) is 19.7. The van der Waals surface area contributed by atoms with Crippen LogP contribution in [0.4, 0.5) is 4.79 Å². The maximum Gasteiger partial charge on any atom is 0.326 e. The van der Waals surface area contributed by atoms with E-state index in [1.54, 1.807) is 0 Å². The topological polar surface area (TPSA) is 61.9 Å². The van der Waals surface area contributed by atoms with Gasteiger partial charge in [0.25, 0.3) is 5.91 Å². The average molecular weight is 386 g/mol. The number of nitrogens with one attached hydrogen (secondary N) is 1. The number of likely N-dealkylation sites (tertiary alicyclic amines) is 1. The molecule has 6 heteroatoms. The predicted octanol–water partition coefficient (Wildman–Crippen LogP) is 3.68. The van der Waals surface area contributed by atoms with E-state index in [0.29, 0.717) is 13.3 Å². The van der Waals surface area contributed by atoms with Crippen molar-refractivity contribution >= 4 is 11.9 Å². The lowest BCUT2D eigenvalue weighted by atomic mass is 9.73. The molecule has 2 saturated heterocycles. The highest BCUT2D eigenvalue weighted by Gasteiger charge is 2.55. The van der Waals surface area contributed by atoms with E-state index in [0.717, 1.165) is 50.8 Å². The van der Waals surface area contributed by atoms with Gasteiger partial charge >= 0.3 is 6.03 Å². The molecule has 3 fully saturated rings. The fourth-order valence-corrected chi connectivity index (χ4v) is 5.13. The third-order valence-corrected chi connectivity index (χ3v) is 6.76. The second-order valence-electron chi connectivity index (χ2n) is 8.40. The van der Waals surface area contributed by atoms with Gasteiger partial charge in [-0.3, -0.25) is 9.69 Å². The molecule has 28 heavy (non-hydrogen) atoms. The Labute approximate surface area is 167 Å². The van der Waals surface area contributed by atoms with Gasteiger partial charge in [0.05, 0.1) is 13.3 Å². The van der Waals surface area contributed by atoms with E-state index >= 15 is 0 Å². The molecule has 3 amide bonds. The van der Waals surface area contributed by atoms with Crippen molar-refractivity contribution in [3.63, 3.8) is 0 Å². The van der Waals surface area contributed by atoms with Gasteiger partial charge in [-0.05, 0) is 56.2 Å². The number of hydrogen-bond acceptors (Lipinski definition) is 4. The van der Waals surface area contributed by atoms with E-state index in [1.807, 2.05) is 19.1 Å². The quantitative estimate of drug-likeness (QED) is 0.786. The molecular formula is C22H31N3O3. The molecular weight excluding hydrogens is 354 g/mol. The average Bonchev–Trinajstić information content (AvgIpc) is 3.24. The van der Waals surface area contributed by atoms with Crippen molar-refractivity contribution in [1.82, 2.24) is 15.1 Å². The number of nitrogens with zero attached hydrogens (tertiary/aromatic N) is 2. The Hall–Kier alpha value is -2.08. The van der Waals surface area contributed by atoms with Gasteiger partial charge in [0.1, 0.15) is 11.3 Å². The summed E-state index contributed by atoms with van der Waals surface area (Å²) in [5.74, 6) is 1.04. The van der Waals surface area contributed by atoms with Crippen molar-refractivity contribution in [1.29, 1.82) is 0 Å². The van der Waals surface area contributed by atoms with Crippen molar-refractivity contribution in [2.75, 3.05) is 19.8 Å². The van der Waals surface area contributed by atoms with E-state index in [-0.39, 0.29) is 23.9 Å². The van der Waals surface area contributed by atoms with Gasteiger partial charge < -0.3 is 10.1 Å². The molecule has 152 valence electrons. The lowest BCUT2D eigenvalue weighted by Gasteiger charge is -2.37. The zero-order valence-corrected chi connectivity index (χ0v) is 16.9. The van der Waals surface area contributed by atoms with Crippen LogP contribution < -0.4 is 10.1 Å². The molecule has 0 bridgehead atoms. The monoisotopic (exact) mass is 385 g/mol. The minimum atomic E-state index is -0.677. The molecule has 1 N–H and O–H groups in total. The lowest BCUT2D eigenvalue weighted by molar-refractivity contribution is -0.135. The molecule has 3 atom stereocenters. The van der Waals surface area contributed by atoms with Crippen LogP contribution in [0, 0.1) is 5.92 Å². The molecule has 3 aliphatic rings. The van der Waals surface area contributed by atoms with Gasteiger partial charge in [-0.25, -0.2) is 9.69 Å². The Kier molecular flexibility index (Phi) is 5.32. The smallest absolute Gasteiger partial charge is 0.326 e. The van der Waals surface area contributed by atoms with E-state index in [4.69, 9.17) is 4.74 Å². The second kappa shape index (κ2) is 7.74. The number of carbonyl (C=O) groups excluding carboxylic acids is 2. The van der Waals surface area contributed by atoms with E-state index < -0.39 is 5.54 Å². The fourth-order valence-electron chi connectivity index (χ4n) is 5.13. The van der Waals surface area contributed by atoms with Crippen LogP contribution >= 0.6 is 0 Å². The zero-order valence-electron chi connectivity index (χ0n) is 16.9. The molecule has 1 spiro atoms. The Morgan fingerprint density at radius 2 is 1.93 bits per heavy atom. The summed E-state index contributed by atoms with van der Waals surface area (Å²) in [4.78, 5) is 29.7. The summed E-state index contributed by atoms with van der Waals surface area (Å²) in [6, 6.07) is 8.21. The number of urea groups is 1. The molecule has 0 radical (unpaired) electrons. The number of hydrogen-bond donors (Lipinski definition) is 1. The van der Waals surface area contributed by atoms with Crippen molar-refractivity contribution in [2.45, 2.75) is 64.0 Å². The third-order valence-electron chi connectivity index (χ3n) is 6.76. The Balaban J connectivity index is 1.48. The van der Waals surface area contributed by atoms with Crippen molar-refractivity contribution in [3.8, 4) is 5.75 Å². The molecule has 2 heterocycles. The normalized spacial score (nSPS) is 30.9. The summed E-state index contributed by atoms with van der Waals surface area (Å²) in [5.41, 5.74) is 0.540. The van der Waals surface area contributed by atoms with Crippen LogP contribution in [0.5, 0.6) is 5.75 Å². The summed E-state index contributed by atoms with van der Waals surface area (Å²) >= 11 is 0. The van der Waals surface area contributed by atoms with Gasteiger partial charge in [0.15, 0.2) is 0 Å². The molecule has 4 rings (SSSR count). The van der Waals surface area contributed by atoms with Crippen LogP contribution in [0.1, 0.15) is 64.0 Å². The highest BCUT2D eigenvalue weighted by molar-refractivity contribution is 6.07. The minimum Gasteiger partial charge on any atom is -0.494 e. The molecule has 1 aromatic rings. The minimum absolute atomic E-state index is 0.0259.